The van der Waals surface area contributed by atoms with Crippen molar-refractivity contribution < 1.29 is 52.1 Å². The molecule has 4 aliphatic heterocycles. The maximum Gasteiger partial charge on any atom is 0.418 e. The van der Waals surface area contributed by atoms with E-state index in [1.165, 1.54) is 4.90 Å². The van der Waals surface area contributed by atoms with Gasteiger partial charge in [0.05, 0.1) is 16.3 Å². The number of carbonyl (C=O) groups is 5. The molecule has 4 amide bonds. The number of ether oxygens (including phenoxy) is 1. The third-order valence-corrected chi connectivity index (χ3v) is 11.5. The number of para-hydroxylation sites is 1. The fourth-order valence-corrected chi connectivity index (χ4v) is 8.54. The van der Waals surface area contributed by atoms with Crippen molar-refractivity contribution in [3.05, 3.63) is 58.1 Å². The van der Waals surface area contributed by atoms with E-state index in [1.54, 1.807) is 9.80 Å². The van der Waals surface area contributed by atoms with Crippen LogP contribution in [0, 0.1) is 0 Å². The van der Waals surface area contributed by atoms with Crippen molar-refractivity contribution in [1.82, 2.24) is 19.6 Å². The summed E-state index contributed by atoms with van der Waals surface area (Å²) in [6.07, 6.45) is -4.73. The Hall–Kier alpha value is -4.77. The normalized spacial score (nSPS) is 23.3. The van der Waals surface area contributed by atoms with Crippen molar-refractivity contribution in [3.63, 3.8) is 0 Å². The lowest BCUT2D eigenvalue weighted by atomic mass is 9.90. The molecule has 0 saturated carbocycles. The van der Waals surface area contributed by atoms with Gasteiger partial charge in [0.25, 0.3) is 5.91 Å². The number of carbonyl (C=O) groups excluding carboxylic acids is 3. The van der Waals surface area contributed by atoms with E-state index in [1.807, 2.05) is 24.3 Å². The number of urea groups is 1. The highest BCUT2D eigenvalue weighted by Crippen LogP contribution is 2.38. The van der Waals surface area contributed by atoms with E-state index in [0.29, 0.717) is 51.3 Å². The molecule has 0 spiro atoms. The van der Waals surface area contributed by atoms with E-state index in [-0.39, 0.29) is 50.1 Å². The number of carboxylic acids is 2. The summed E-state index contributed by atoms with van der Waals surface area (Å²) in [4.78, 5) is 71.6. The molecule has 1 radical (unpaired) electrons. The molecule has 0 bridgehead atoms. The van der Waals surface area contributed by atoms with Gasteiger partial charge in [-0.05, 0) is 55.0 Å². The van der Waals surface area contributed by atoms with Gasteiger partial charge in [-0.3, -0.25) is 4.79 Å². The molecule has 3 fully saturated rings. The minimum Gasteiger partial charge on any atom is -0.480 e. The quantitative estimate of drug-likeness (QED) is 0.216. The van der Waals surface area contributed by atoms with E-state index in [0.717, 1.165) is 28.6 Å². The number of halogens is 4. The summed E-state index contributed by atoms with van der Waals surface area (Å²) >= 11 is 6.08. The van der Waals surface area contributed by atoms with Crippen molar-refractivity contribution in [2.75, 3.05) is 43.8 Å². The summed E-state index contributed by atoms with van der Waals surface area (Å²) < 4.78 is 47.4. The summed E-state index contributed by atoms with van der Waals surface area (Å²) in [7, 11) is 0. The van der Waals surface area contributed by atoms with Gasteiger partial charge in [0.1, 0.15) is 18.6 Å². The monoisotopic (exact) mass is 792 g/mol. The molecule has 6 rings (SSSR count). The largest absolute Gasteiger partial charge is 0.480 e. The number of nitrogen functional groups attached to an aromatic ring is 1. The molecule has 2 aromatic rings. The van der Waals surface area contributed by atoms with Gasteiger partial charge in [0.15, 0.2) is 6.10 Å². The molecule has 14 nitrogen and oxygen atoms in total. The Labute approximate surface area is 320 Å². The van der Waals surface area contributed by atoms with Crippen LogP contribution >= 0.6 is 11.6 Å². The van der Waals surface area contributed by atoms with Crippen LogP contribution in [-0.2, 0) is 38.1 Å². The zero-order chi connectivity index (χ0) is 39.6. The number of hydrogen-bond donors (Lipinski definition) is 4. The van der Waals surface area contributed by atoms with Crippen molar-refractivity contribution in [3.8, 4) is 0 Å². The van der Waals surface area contributed by atoms with Crippen LogP contribution in [0.1, 0.15) is 61.6 Å². The minimum atomic E-state index is -4.89. The van der Waals surface area contributed by atoms with Gasteiger partial charge in [-0.1, -0.05) is 29.8 Å². The standard InChI is InChI=1S/C37H44ClF3N6O8/c38-26-18-21(17-25(31(26)42)37(39,40)41)19-30(32(48)47-16-11-24(20-29(47)34(51)52)45-12-4-3-7-28(45)33(49)50)55-36(54)44-13-9-23(10-14-44)46-15-8-22-5-1-2-6-27(22)43-35(46)53/h1-2,5-6,17-18,23-24,28-30H,3-4,7-16,19-20,42H2,(H,43,53)(H,49,50)(H,51,52)/q+1/t24?,28?,29?,30-/m1/s1. The maximum atomic E-state index is 14.3. The van der Waals surface area contributed by atoms with Gasteiger partial charge in [0, 0.05) is 70.0 Å². The van der Waals surface area contributed by atoms with Crippen LogP contribution in [0.4, 0.5) is 34.1 Å². The third-order valence-electron chi connectivity index (χ3n) is 11.2. The number of aliphatic carboxylic acids is 2. The van der Waals surface area contributed by atoms with E-state index in [9.17, 15) is 47.4 Å². The number of hydrogen-bond acceptors (Lipinski definition) is 8. The first-order valence-corrected chi connectivity index (χ1v) is 18.8. The van der Waals surface area contributed by atoms with Crippen molar-refractivity contribution in [1.29, 1.82) is 0 Å². The summed E-state index contributed by atoms with van der Waals surface area (Å²) in [5, 5.41) is 22.6. The first kappa shape index (κ1) is 39.9. The van der Waals surface area contributed by atoms with E-state index in [2.05, 4.69) is 5.32 Å². The Balaban J connectivity index is 1.19. The Morgan fingerprint density at radius 3 is 2.42 bits per heavy atom. The molecule has 2 aromatic carbocycles. The van der Waals surface area contributed by atoms with E-state index < -0.39 is 77.0 Å². The molecule has 18 heteroatoms. The number of fused-ring (bicyclic) bond motifs is 1. The molecule has 3 saturated heterocycles. The fourth-order valence-electron chi connectivity index (χ4n) is 8.30. The van der Waals surface area contributed by atoms with Crippen molar-refractivity contribution in [2.24, 2.45) is 0 Å². The van der Waals surface area contributed by atoms with Gasteiger partial charge in [-0.15, -0.1) is 0 Å². The highest BCUT2D eigenvalue weighted by Gasteiger charge is 2.49. The number of amides is 4. The Morgan fingerprint density at radius 1 is 1.00 bits per heavy atom. The minimum absolute atomic E-state index is 0.0971. The Bertz CT molecular complexity index is 1810. The predicted molar refractivity (Wildman–Crippen MR) is 194 cm³/mol. The maximum absolute atomic E-state index is 14.3. The highest BCUT2D eigenvalue weighted by atomic mass is 35.5. The van der Waals surface area contributed by atoms with Crippen LogP contribution in [-0.4, -0.2) is 118 Å². The van der Waals surface area contributed by atoms with Gasteiger partial charge < -0.3 is 40.7 Å². The van der Waals surface area contributed by atoms with Crippen LogP contribution in [0.25, 0.3) is 0 Å². The smallest absolute Gasteiger partial charge is 0.418 e. The van der Waals surface area contributed by atoms with Gasteiger partial charge in [0.2, 0.25) is 6.04 Å². The Morgan fingerprint density at radius 2 is 1.73 bits per heavy atom. The third kappa shape index (κ3) is 8.88. The summed E-state index contributed by atoms with van der Waals surface area (Å²) in [6, 6.07) is 6.23. The zero-order valence-corrected chi connectivity index (χ0v) is 30.7. The van der Waals surface area contributed by atoms with E-state index >= 15 is 0 Å². The first-order chi connectivity index (χ1) is 26.1. The number of anilines is 2. The van der Waals surface area contributed by atoms with Crippen LogP contribution in [0.5, 0.6) is 0 Å². The van der Waals surface area contributed by atoms with Gasteiger partial charge >= 0.3 is 30.2 Å². The molecule has 3 unspecified atom stereocenters. The second-order valence-electron chi connectivity index (χ2n) is 14.5. The average molecular weight is 793 g/mol. The molecule has 0 aliphatic carbocycles. The number of piperidine rings is 3. The van der Waals surface area contributed by atoms with Crippen molar-refractivity contribution >= 4 is 52.9 Å². The SMILES string of the molecule is Nc1c(Cl)cc(C[C@@H](OC(=O)N2CCC(N3CCc4ccccc4NC3=O)CC2)C(=O)N2CCC([N+]3CCCCC3C(=O)O)CC2C(=O)O)cc1C(F)(F)F. The van der Waals surface area contributed by atoms with Crippen LogP contribution in [0.3, 0.4) is 0 Å². The second-order valence-corrected chi connectivity index (χ2v) is 14.9. The number of nitrogens with two attached hydrogens (primary N) is 1. The molecule has 297 valence electrons. The van der Waals surface area contributed by atoms with Crippen LogP contribution in [0.15, 0.2) is 36.4 Å². The first-order valence-electron chi connectivity index (χ1n) is 18.4. The molecular weight excluding hydrogens is 749 g/mol. The van der Waals surface area contributed by atoms with Gasteiger partial charge in [-0.25, -0.2) is 19.2 Å². The molecule has 4 atom stereocenters. The van der Waals surface area contributed by atoms with Crippen molar-refractivity contribution in [2.45, 2.75) is 94.2 Å². The predicted octanol–water partition coefficient (Wildman–Crippen LogP) is 4.76. The number of carboxylic acid groups (broad SMARTS) is 2. The number of nitrogens with one attached hydrogen (secondary N) is 1. The topological polar surface area (TPSA) is 189 Å². The number of rotatable bonds is 8. The Kier molecular flexibility index (Phi) is 12.0. The van der Waals surface area contributed by atoms with Gasteiger partial charge in [-0.2, -0.15) is 18.1 Å². The molecule has 5 N–H and O–H groups in total. The second kappa shape index (κ2) is 16.5. The lowest BCUT2D eigenvalue weighted by Gasteiger charge is -2.41. The number of likely N-dealkylation sites (tertiary alicyclic amines) is 3. The zero-order valence-electron chi connectivity index (χ0n) is 30.0. The average Bonchev–Trinajstić information content (AvgIpc) is 3.32. The lowest BCUT2D eigenvalue weighted by molar-refractivity contribution is -0.158. The van der Waals surface area contributed by atoms with Crippen LogP contribution < -0.4 is 16.0 Å². The number of alkyl halides is 3. The fraction of sp³-hybridized carbons (Fsp3) is 0.541. The van der Waals surface area contributed by atoms with E-state index in [4.69, 9.17) is 22.1 Å². The molecule has 0 aromatic heterocycles. The number of benzene rings is 2. The molecule has 55 heavy (non-hydrogen) atoms. The van der Waals surface area contributed by atoms with Crippen LogP contribution in [0.2, 0.25) is 5.02 Å². The summed E-state index contributed by atoms with van der Waals surface area (Å²) in [5.41, 5.74) is 5.29. The summed E-state index contributed by atoms with van der Waals surface area (Å²) in [6.45, 7) is 1.09. The lowest BCUT2D eigenvalue weighted by Crippen LogP contribution is -2.62. The summed E-state index contributed by atoms with van der Waals surface area (Å²) in [5.74, 6) is -3.30. The molecular formula is C37H44ClF3N6O8+. The highest BCUT2D eigenvalue weighted by molar-refractivity contribution is 6.33. The molecule has 4 aliphatic rings. The number of nitrogens with zero attached hydrogens (tertiary/aromatic N) is 4. The molecule has 4 heterocycles.